The summed E-state index contributed by atoms with van der Waals surface area (Å²) in [5.41, 5.74) is -3.40. The fourth-order valence-corrected chi connectivity index (χ4v) is 5.18. The van der Waals surface area contributed by atoms with Crippen LogP contribution >= 0.6 is 17.8 Å². The van der Waals surface area contributed by atoms with E-state index < -0.39 is 128 Å². The van der Waals surface area contributed by atoms with Crippen LogP contribution in [0.5, 0.6) is 28.7 Å². The van der Waals surface area contributed by atoms with Crippen molar-refractivity contribution in [1.82, 2.24) is 0 Å². The molecule has 0 unspecified atom stereocenters. The summed E-state index contributed by atoms with van der Waals surface area (Å²) in [5, 5.41) is 29.7. The Balaban J connectivity index is 0.000000523. The third-order valence-corrected chi connectivity index (χ3v) is 8.59. The Morgan fingerprint density at radius 3 is 1.18 bits per heavy atom. The number of carbonyl (C=O) groups is 1. The molecule has 80 heavy (non-hydrogen) atoms. The van der Waals surface area contributed by atoms with Gasteiger partial charge in [0.25, 0.3) is 0 Å². The van der Waals surface area contributed by atoms with Crippen molar-refractivity contribution in [2.24, 2.45) is 0 Å². The van der Waals surface area contributed by atoms with Crippen LogP contribution in [-0.2, 0) is 46.6 Å². The summed E-state index contributed by atoms with van der Waals surface area (Å²) in [6.07, 6.45) is -27.7. The van der Waals surface area contributed by atoms with Crippen molar-refractivity contribution in [3.8, 4) is 28.7 Å². The second-order valence-electron chi connectivity index (χ2n) is 14.4. The first-order valence-electron chi connectivity index (χ1n) is 20.6. The van der Waals surface area contributed by atoms with Gasteiger partial charge < -0.3 is 25.1 Å². The number of nitrogens with two attached hydrogens (primary N) is 1. The Labute approximate surface area is 454 Å². The third-order valence-electron chi connectivity index (χ3n) is 8.59. The molecule has 34 heteroatoms. The van der Waals surface area contributed by atoms with Crippen LogP contribution in [0.1, 0.15) is 47.2 Å². The molecule has 0 aliphatic rings. The summed E-state index contributed by atoms with van der Waals surface area (Å²) in [6.45, 7) is 3.65. The van der Waals surface area contributed by atoms with E-state index in [9.17, 15) is 108 Å². The number of nitrogens with zero attached hydrogens (tertiary/aromatic N) is 2. The number of benzene rings is 6. The minimum atomic E-state index is -4.81. The van der Waals surface area contributed by atoms with Gasteiger partial charge in [0, 0.05) is 19.1 Å². The molecule has 0 fully saturated rings. The van der Waals surface area contributed by atoms with Gasteiger partial charge in [0.15, 0.2) is 0 Å². The molecule has 0 aliphatic carbocycles. The number of nitro groups is 2. The van der Waals surface area contributed by atoms with Gasteiger partial charge in [0.1, 0.15) is 23.0 Å². The van der Waals surface area contributed by atoms with Crippen LogP contribution in [0, 0.1) is 26.0 Å². The fraction of sp³-hybridized carbons (Fsp3) is 0.196. The maximum absolute atomic E-state index is 12.6. The van der Waals surface area contributed by atoms with Crippen LogP contribution in [0.25, 0.3) is 0 Å². The molecule has 12 nitrogen and oxygen atoms in total. The predicted octanol–water partition coefficient (Wildman–Crippen LogP) is 17.3. The first-order chi connectivity index (χ1) is 36.6. The number of alkyl halides is 18. The monoisotopic (exact) mass is 1320 g/mol. The molecule has 0 atom stereocenters. The summed E-state index contributed by atoms with van der Waals surface area (Å²) in [7, 11) is 9.87. The molecule has 0 amide bonds. The van der Waals surface area contributed by atoms with Gasteiger partial charge in [0.2, 0.25) is 11.6 Å². The summed E-state index contributed by atoms with van der Waals surface area (Å²) in [6, 6.07) is 16.2. The number of hydrogen-bond acceptors (Lipinski definition) is 10. The Morgan fingerprint density at radius 1 is 0.525 bits per heavy atom. The molecule has 436 valence electrons. The number of hydrogen-bond donors (Lipinski definition) is 2. The van der Waals surface area contributed by atoms with Crippen molar-refractivity contribution >= 4 is 59.8 Å². The van der Waals surface area contributed by atoms with E-state index >= 15 is 0 Å². The Morgan fingerprint density at radius 2 is 0.850 bits per heavy atom. The van der Waals surface area contributed by atoms with E-state index in [2.05, 4.69) is 4.74 Å². The number of nitro benzene ring substituents is 2. The topological polar surface area (TPSA) is 177 Å². The molecule has 6 rings (SSSR count). The number of phenolic OH excluding ortho intramolecular Hbond substituents is 1. The number of carbonyl (C=O) groups excluding carboxylic acids is 1. The Bertz CT molecular complexity index is 2990. The normalized spacial score (nSPS) is 11.4. The summed E-state index contributed by atoms with van der Waals surface area (Å²) < 4.78 is 249. The molecule has 0 aliphatic heterocycles. The van der Waals surface area contributed by atoms with Gasteiger partial charge in [-0.2, -0.15) is 83.4 Å². The van der Waals surface area contributed by atoms with Crippen molar-refractivity contribution in [3.63, 3.8) is 0 Å². The summed E-state index contributed by atoms with van der Waals surface area (Å²) >= 11 is -0.826. The molecule has 6 aromatic carbocycles. The zero-order chi connectivity index (χ0) is 61.8. The molecule has 3 N–H and O–H groups in total. The first-order valence-corrected chi connectivity index (χ1v) is 27.8. The van der Waals surface area contributed by atoms with Crippen LogP contribution in [0.3, 0.4) is 0 Å². The SMILES string of the molecule is CCOC(C)=O.Nc1cc(C(F)(F)F)ccc1Oc1cccc(C(F)(F)F)c1.O=[N+]([O-])c1cc(C(F)(F)F)ccc1F.O=[N+]([O-])c1cc(C(F)(F)F)ccc1Oc1cccc(C(F)(F)F)c1.Oc1cccc(C(F)(F)F)c1.[Cl][Sn][Cl]. The van der Waals surface area contributed by atoms with Crippen molar-refractivity contribution in [3.05, 3.63) is 187 Å². The number of esters is 1. The number of ether oxygens (including phenoxy) is 3. The van der Waals surface area contributed by atoms with Gasteiger partial charge in [-0.1, -0.05) is 18.2 Å². The van der Waals surface area contributed by atoms with Gasteiger partial charge in [-0.05, 0) is 104 Å². The van der Waals surface area contributed by atoms with E-state index in [1.165, 1.54) is 19.1 Å². The van der Waals surface area contributed by atoms with Crippen molar-refractivity contribution in [2.45, 2.75) is 50.9 Å². The number of anilines is 1. The van der Waals surface area contributed by atoms with E-state index in [-0.39, 0.29) is 41.0 Å². The Kier molecular flexibility index (Phi) is 27.0. The number of aromatic hydroxyl groups is 1. The molecule has 0 aromatic heterocycles. The van der Waals surface area contributed by atoms with E-state index in [0.717, 1.165) is 60.7 Å². The molecule has 6 aromatic rings. The van der Waals surface area contributed by atoms with Gasteiger partial charge in [-0.25, -0.2) is 0 Å². The molecule has 0 bridgehead atoms. The average molecular weight is 1320 g/mol. The number of phenols is 1. The number of rotatable bonds is 7. The average Bonchev–Trinajstić information content (AvgIpc) is 3.32. The summed E-state index contributed by atoms with van der Waals surface area (Å²) in [5.74, 6) is -3.21. The van der Waals surface area contributed by atoms with E-state index in [1.807, 2.05) is 0 Å². The van der Waals surface area contributed by atoms with Crippen molar-refractivity contribution < 1.29 is 117 Å². The molecule has 0 saturated carbocycles. The molecule has 0 spiro atoms. The molecular weight excluding hydrogens is 1290 g/mol. The van der Waals surface area contributed by atoms with Gasteiger partial charge in [0.05, 0.1) is 55.5 Å². The van der Waals surface area contributed by atoms with Gasteiger partial charge in [-0.3, -0.25) is 25.0 Å². The van der Waals surface area contributed by atoms with E-state index in [0.29, 0.717) is 49.1 Å². The quantitative estimate of drug-likeness (QED) is 0.0390. The second-order valence-corrected chi connectivity index (χ2v) is 18.6. The number of nitrogen functional groups attached to an aromatic ring is 1. The molecular formula is C46H32Cl2F19N3O9Sn. The predicted molar refractivity (Wildman–Crippen MR) is 248 cm³/mol. The van der Waals surface area contributed by atoms with Crippen molar-refractivity contribution in [2.75, 3.05) is 12.3 Å². The van der Waals surface area contributed by atoms with Crippen LogP contribution in [0.2, 0.25) is 0 Å². The number of halogens is 21. The van der Waals surface area contributed by atoms with E-state index in [1.54, 1.807) is 6.92 Å². The van der Waals surface area contributed by atoms with E-state index in [4.69, 9.17) is 38.2 Å². The van der Waals surface area contributed by atoms with Gasteiger partial charge in [-0.15, -0.1) is 0 Å². The van der Waals surface area contributed by atoms with Crippen molar-refractivity contribution in [1.29, 1.82) is 0 Å². The standard InChI is InChI=1S/C14H7F6NO3.C14H9F6NO.C7H3F4NO2.C7H5F3O.C4H8O2.2ClH.Sn/c15-13(16,17)8-2-1-3-10(6-8)24-12-5-4-9(14(18,19)20)7-11(12)21(22)23;15-13(16,17)8-2-1-3-10(6-8)22-12-5-4-9(7-11(12)21)14(18,19)20;8-5-2-1-4(7(9,10)11)3-6(5)12(13)14;8-7(9,10)5-2-1-3-6(11)4-5;1-3-6-4(2)5;;;/h1-7H;1-7H,21H2;1-3H;1-4,11H;3H2,1-2H3;2*1H;/q;;;;;;;+2/p-2. The van der Waals surface area contributed by atoms with Crippen LogP contribution in [0.4, 0.5) is 100 Å². The fourth-order valence-electron chi connectivity index (χ4n) is 5.18. The minimum absolute atomic E-state index is 0.160. The second kappa shape index (κ2) is 30.4. The van der Waals surface area contributed by atoms with Crippen LogP contribution in [-0.4, -0.2) is 46.4 Å². The van der Waals surface area contributed by atoms with Crippen LogP contribution < -0.4 is 15.2 Å². The van der Waals surface area contributed by atoms with Gasteiger partial charge >= 0.3 is 91.1 Å². The maximum atomic E-state index is 12.6. The first kappa shape index (κ1) is 70.9. The zero-order valence-corrected chi connectivity index (χ0v) is 43.8. The summed E-state index contributed by atoms with van der Waals surface area (Å²) in [4.78, 5) is 28.5. The molecule has 2 radical (unpaired) electrons. The van der Waals surface area contributed by atoms with Crippen LogP contribution in [0.15, 0.2) is 127 Å². The Hall–Kier alpha value is -7.16. The molecule has 0 heterocycles. The molecule has 0 saturated heterocycles. The third kappa shape index (κ3) is 25.3. The zero-order valence-electron chi connectivity index (χ0n) is 39.5.